The van der Waals surface area contributed by atoms with E-state index >= 15 is 0 Å². The lowest BCUT2D eigenvalue weighted by atomic mass is 10.0. The Kier molecular flexibility index (Phi) is 4.24. The van der Waals surface area contributed by atoms with E-state index in [1.54, 1.807) is 6.26 Å². The fourth-order valence-corrected chi connectivity index (χ4v) is 3.27. The van der Waals surface area contributed by atoms with Crippen LogP contribution in [0.25, 0.3) is 0 Å². The average molecular weight is 262 g/mol. The summed E-state index contributed by atoms with van der Waals surface area (Å²) in [6.45, 7) is 4.77. The Morgan fingerprint density at radius 2 is 2.26 bits per heavy atom. The third kappa shape index (κ3) is 3.61. The minimum Gasteiger partial charge on any atom is -0.469 e. The first-order valence-corrected chi connectivity index (χ1v) is 7.84. The molecule has 1 aromatic rings. The molecule has 0 amide bonds. The summed E-state index contributed by atoms with van der Waals surface area (Å²) in [6.07, 6.45) is 9.67. The van der Waals surface area contributed by atoms with Gasteiger partial charge in [0.1, 0.15) is 5.76 Å². The second-order valence-corrected chi connectivity index (χ2v) is 6.21. The van der Waals surface area contributed by atoms with E-state index < -0.39 is 0 Å². The largest absolute Gasteiger partial charge is 0.469 e. The second-order valence-electron chi connectivity index (χ2n) is 6.21. The first-order chi connectivity index (χ1) is 9.33. The second kappa shape index (κ2) is 6.10. The quantitative estimate of drug-likeness (QED) is 0.854. The van der Waals surface area contributed by atoms with Crippen molar-refractivity contribution in [1.82, 2.24) is 10.2 Å². The molecule has 3 heteroatoms. The lowest BCUT2D eigenvalue weighted by Crippen LogP contribution is -2.48. The minimum atomic E-state index is 0.586. The maximum Gasteiger partial charge on any atom is 0.105 e. The molecular weight excluding hydrogens is 236 g/mol. The third-order valence-corrected chi connectivity index (χ3v) is 4.50. The van der Waals surface area contributed by atoms with Gasteiger partial charge in [0.25, 0.3) is 0 Å². The molecule has 2 atom stereocenters. The predicted octanol–water partition coefficient (Wildman–Crippen LogP) is 2.82. The minimum absolute atomic E-state index is 0.586. The highest BCUT2D eigenvalue weighted by Gasteiger charge is 2.34. The molecule has 2 aliphatic rings. The molecule has 1 saturated heterocycles. The van der Waals surface area contributed by atoms with Gasteiger partial charge in [0.2, 0.25) is 0 Å². The Labute approximate surface area is 116 Å². The van der Waals surface area contributed by atoms with Crippen LogP contribution in [0.15, 0.2) is 22.8 Å². The van der Waals surface area contributed by atoms with Crippen molar-refractivity contribution in [3.8, 4) is 0 Å². The molecule has 0 spiro atoms. The van der Waals surface area contributed by atoms with Crippen molar-refractivity contribution in [2.24, 2.45) is 0 Å². The molecule has 1 aliphatic heterocycles. The van der Waals surface area contributed by atoms with Crippen LogP contribution in [-0.4, -0.2) is 36.1 Å². The van der Waals surface area contributed by atoms with Gasteiger partial charge < -0.3 is 9.73 Å². The van der Waals surface area contributed by atoms with E-state index in [1.807, 2.05) is 6.07 Å². The van der Waals surface area contributed by atoms with Gasteiger partial charge >= 0.3 is 0 Å². The number of hydrogen-bond acceptors (Lipinski definition) is 3. The third-order valence-electron chi connectivity index (χ3n) is 4.50. The van der Waals surface area contributed by atoms with Gasteiger partial charge in [-0.15, -0.1) is 0 Å². The maximum absolute atomic E-state index is 5.50. The van der Waals surface area contributed by atoms with E-state index in [0.29, 0.717) is 12.1 Å². The van der Waals surface area contributed by atoms with Crippen molar-refractivity contribution in [3.63, 3.8) is 0 Å². The molecule has 3 rings (SSSR count). The summed E-state index contributed by atoms with van der Waals surface area (Å²) in [5.74, 6) is 1.12. The van der Waals surface area contributed by atoms with Crippen molar-refractivity contribution >= 4 is 0 Å². The Hall–Kier alpha value is -0.800. The lowest BCUT2D eigenvalue weighted by Gasteiger charge is -2.34. The molecule has 0 radical (unpaired) electrons. The van der Waals surface area contributed by atoms with Gasteiger partial charge in [0.15, 0.2) is 0 Å². The highest BCUT2D eigenvalue weighted by molar-refractivity contribution is 5.02. The zero-order chi connectivity index (χ0) is 13.1. The van der Waals surface area contributed by atoms with Gasteiger partial charge in [0.05, 0.1) is 6.26 Å². The van der Waals surface area contributed by atoms with Gasteiger partial charge in [-0.1, -0.05) is 6.42 Å². The monoisotopic (exact) mass is 262 g/mol. The van der Waals surface area contributed by atoms with Crippen LogP contribution in [-0.2, 0) is 6.42 Å². The van der Waals surface area contributed by atoms with E-state index in [1.165, 1.54) is 45.2 Å². The number of nitrogens with zero attached hydrogens (tertiary/aromatic N) is 1. The molecule has 2 heterocycles. The summed E-state index contributed by atoms with van der Waals surface area (Å²) in [4.78, 5) is 2.71. The van der Waals surface area contributed by atoms with E-state index in [2.05, 4.69) is 23.2 Å². The number of nitrogens with one attached hydrogen (secondary N) is 1. The van der Waals surface area contributed by atoms with E-state index in [9.17, 15) is 0 Å². The fraction of sp³-hybridized carbons (Fsp3) is 0.750. The van der Waals surface area contributed by atoms with Crippen molar-refractivity contribution in [3.05, 3.63) is 24.2 Å². The smallest absolute Gasteiger partial charge is 0.105 e. The SMILES string of the molecule is CC(Cc1ccco1)N(CC1CCCCN1)C1CC1. The zero-order valence-corrected chi connectivity index (χ0v) is 12.0. The highest BCUT2D eigenvalue weighted by atomic mass is 16.3. The standard InChI is InChI=1S/C16H26N2O/c1-13(11-16-6-4-10-19-16)18(15-7-8-15)12-14-5-2-3-9-17-14/h4,6,10,13-15,17H,2-3,5,7-9,11-12H2,1H3. The number of rotatable bonds is 6. The Balaban J connectivity index is 1.56. The van der Waals surface area contributed by atoms with E-state index in [0.717, 1.165) is 18.2 Å². The normalized spacial score (nSPS) is 25.7. The predicted molar refractivity (Wildman–Crippen MR) is 77.2 cm³/mol. The van der Waals surface area contributed by atoms with Crippen LogP contribution < -0.4 is 5.32 Å². The summed E-state index contributed by atoms with van der Waals surface area (Å²) in [5, 5.41) is 3.68. The molecule has 1 saturated carbocycles. The molecule has 0 aromatic carbocycles. The Bertz CT molecular complexity index is 366. The molecule has 3 nitrogen and oxygen atoms in total. The van der Waals surface area contributed by atoms with Gasteiger partial charge in [-0.3, -0.25) is 4.90 Å². The van der Waals surface area contributed by atoms with Gasteiger partial charge in [-0.05, 0) is 51.3 Å². The van der Waals surface area contributed by atoms with Gasteiger partial charge in [-0.2, -0.15) is 0 Å². The number of furan rings is 1. The van der Waals surface area contributed by atoms with Crippen molar-refractivity contribution < 1.29 is 4.42 Å². The maximum atomic E-state index is 5.50. The van der Waals surface area contributed by atoms with Crippen molar-refractivity contribution in [2.75, 3.05) is 13.1 Å². The lowest BCUT2D eigenvalue weighted by molar-refractivity contribution is 0.161. The molecule has 0 bridgehead atoms. The van der Waals surface area contributed by atoms with Crippen LogP contribution in [0.1, 0.15) is 44.8 Å². The van der Waals surface area contributed by atoms with Crippen LogP contribution in [0, 0.1) is 0 Å². The number of piperidine rings is 1. The van der Waals surface area contributed by atoms with Crippen LogP contribution in [0.4, 0.5) is 0 Å². The van der Waals surface area contributed by atoms with Crippen molar-refractivity contribution in [2.45, 2.75) is 63.6 Å². The zero-order valence-electron chi connectivity index (χ0n) is 12.0. The molecule has 2 unspecified atom stereocenters. The Morgan fingerprint density at radius 3 is 2.89 bits per heavy atom. The van der Waals surface area contributed by atoms with Crippen LogP contribution in [0.3, 0.4) is 0 Å². The molecule has 19 heavy (non-hydrogen) atoms. The average Bonchev–Trinajstić information content (AvgIpc) is 3.15. The van der Waals surface area contributed by atoms with Gasteiger partial charge in [0, 0.05) is 31.1 Å². The Morgan fingerprint density at radius 1 is 1.37 bits per heavy atom. The summed E-state index contributed by atoms with van der Waals surface area (Å²) in [7, 11) is 0. The highest BCUT2D eigenvalue weighted by Crippen LogP contribution is 2.30. The molecule has 1 aliphatic carbocycles. The van der Waals surface area contributed by atoms with Gasteiger partial charge in [-0.25, -0.2) is 0 Å². The van der Waals surface area contributed by atoms with Crippen LogP contribution in [0.5, 0.6) is 0 Å². The van der Waals surface area contributed by atoms with E-state index in [-0.39, 0.29) is 0 Å². The summed E-state index contributed by atoms with van der Waals surface area (Å²) < 4.78 is 5.50. The molecule has 1 N–H and O–H groups in total. The molecule has 1 aromatic heterocycles. The van der Waals surface area contributed by atoms with Crippen molar-refractivity contribution in [1.29, 1.82) is 0 Å². The molecule has 2 fully saturated rings. The van der Waals surface area contributed by atoms with Crippen LogP contribution >= 0.6 is 0 Å². The topological polar surface area (TPSA) is 28.4 Å². The first-order valence-electron chi connectivity index (χ1n) is 7.84. The van der Waals surface area contributed by atoms with E-state index in [4.69, 9.17) is 4.42 Å². The molecular formula is C16H26N2O. The van der Waals surface area contributed by atoms with Crippen LogP contribution in [0.2, 0.25) is 0 Å². The summed E-state index contributed by atoms with van der Waals surface area (Å²) in [6, 6.07) is 6.21. The number of hydrogen-bond donors (Lipinski definition) is 1. The first kappa shape index (κ1) is 13.2. The fourth-order valence-electron chi connectivity index (χ4n) is 3.27. The molecule has 106 valence electrons. The summed E-state index contributed by atoms with van der Waals surface area (Å²) in [5.41, 5.74) is 0. The summed E-state index contributed by atoms with van der Waals surface area (Å²) >= 11 is 0.